The minimum absolute atomic E-state index is 0.533. The van der Waals surface area contributed by atoms with E-state index in [2.05, 4.69) is 24.2 Å². The van der Waals surface area contributed by atoms with Crippen LogP contribution in [0.1, 0.15) is 5.56 Å². The first-order valence-electron chi connectivity index (χ1n) is 4.44. The van der Waals surface area contributed by atoms with Gasteiger partial charge in [-0.2, -0.15) is 5.10 Å². The van der Waals surface area contributed by atoms with Gasteiger partial charge in [-0.15, -0.1) is 0 Å². The maximum Gasteiger partial charge on any atom is 0.151 e. The second kappa shape index (κ2) is 3.46. The standard InChI is InChI=1S/C11H11ClN2/c1-8-5-3-4-6-9(8)10-7-11(12)13-14(10)2/h3-7H,1-2H3. The molecule has 0 aliphatic rings. The van der Waals surface area contributed by atoms with E-state index in [1.807, 2.05) is 25.2 Å². The van der Waals surface area contributed by atoms with Crippen molar-refractivity contribution in [3.63, 3.8) is 0 Å². The summed E-state index contributed by atoms with van der Waals surface area (Å²) in [5.74, 6) is 0. The lowest BCUT2D eigenvalue weighted by Gasteiger charge is -2.04. The van der Waals surface area contributed by atoms with Gasteiger partial charge >= 0.3 is 0 Å². The summed E-state index contributed by atoms with van der Waals surface area (Å²) in [7, 11) is 1.90. The molecule has 0 unspecified atom stereocenters. The number of halogens is 1. The van der Waals surface area contributed by atoms with E-state index >= 15 is 0 Å². The molecule has 0 fully saturated rings. The molecule has 2 rings (SSSR count). The molecule has 2 nitrogen and oxygen atoms in total. The Morgan fingerprint density at radius 1 is 1.29 bits per heavy atom. The third kappa shape index (κ3) is 1.53. The molecule has 3 heteroatoms. The third-order valence-corrected chi connectivity index (χ3v) is 2.46. The molecule has 14 heavy (non-hydrogen) atoms. The average molecular weight is 207 g/mol. The molecule has 0 saturated heterocycles. The Hall–Kier alpha value is -1.28. The second-order valence-electron chi connectivity index (χ2n) is 3.29. The Kier molecular flexibility index (Phi) is 2.30. The van der Waals surface area contributed by atoms with Gasteiger partial charge in [0.1, 0.15) is 0 Å². The molecule has 0 aliphatic heterocycles. The molecule has 0 atom stereocenters. The minimum Gasteiger partial charge on any atom is -0.266 e. The van der Waals surface area contributed by atoms with Gasteiger partial charge in [-0.3, -0.25) is 4.68 Å². The Morgan fingerprint density at radius 3 is 2.57 bits per heavy atom. The van der Waals surface area contributed by atoms with Crippen molar-refractivity contribution in [3.8, 4) is 11.3 Å². The van der Waals surface area contributed by atoms with Crippen LogP contribution in [-0.4, -0.2) is 9.78 Å². The second-order valence-corrected chi connectivity index (χ2v) is 3.68. The lowest BCUT2D eigenvalue weighted by Crippen LogP contribution is -1.94. The Bertz CT molecular complexity index is 460. The van der Waals surface area contributed by atoms with Crippen LogP contribution in [0, 0.1) is 6.92 Å². The number of rotatable bonds is 1. The van der Waals surface area contributed by atoms with Gasteiger partial charge in [0.15, 0.2) is 5.15 Å². The van der Waals surface area contributed by atoms with Crippen LogP contribution in [0.3, 0.4) is 0 Å². The normalized spacial score (nSPS) is 10.5. The van der Waals surface area contributed by atoms with Crippen LogP contribution in [0.2, 0.25) is 5.15 Å². The van der Waals surface area contributed by atoms with Gasteiger partial charge in [-0.1, -0.05) is 35.9 Å². The fourth-order valence-electron chi connectivity index (χ4n) is 1.54. The van der Waals surface area contributed by atoms with E-state index in [9.17, 15) is 0 Å². The van der Waals surface area contributed by atoms with Crippen molar-refractivity contribution >= 4 is 11.6 Å². The van der Waals surface area contributed by atoms with Crippen molar-refractivity contribution in [3.05, 3.63) is 41.0 Å². The van der Waals surface area contributed by atoms with Crippen molar-refractivity contribution in [1.29, 1.82) is 0 Å². The van der Waals surface area contributed by atoms with Crippen LogP contribution in [-0.2, 0) is 7.05 Å². The van der Waals surface area contributed by atoms with E-state index < -0.39 is 0 Å². The van der Waals surface area contributed by atoms with E-state index in [0.717, 1.165) is 5.69 Å². The molecule has 2 aromatic rings. The first kappa shape index (κ1) is 9.28. The van der Waals surface area contributed by atoms with Crippen LogP contribution >= 0.6 is 11.6 Å². The van der Waals surface area contributed by atoms with Gasteiger partial charge in [0.05, 0.1) is 5.69 Å². The number of aromatic nitrogens is 2. The predicted molar refractivity (Wildman–Crippen MR) is 58.4 cm³/mol. The molecule has 0 aliphatic carbocycles. The Morgan fingerprint density at radius 2 is 2.00 bits per heavy atom. The maximum atomic E-state index is 5.84. The number of hydrogen-bond acceptors (Lipinski definition) is 1. The zero-order valence-electron chi connectivity index (χ0n) is 8.16. The molecule has 1 heterocycles. The highest BCUT2D eigenvalue weighted by Gasteiger charge is 2.07. The van der Waals surface area contributed by atoms with Crippen LogP contribution < -0.4 is 0 Å². The lowest BCUT2D eigenvalue weighted by atomic mass is 10.1. The van der Waals surface area contributed by atoms with E-state index in [1.54, 1.807) is 4.68 Å². The highest BCUT2D eigenvalue weighted by atomic mass is 35.5. The van der Waals surface area contributed by atoms with Gasteiger partial charge in [-0.05, 0) is 12.5 Å². The molecular weight excluding hydrogens is 196 g/mol. The summed E-state index contributed by atoms with van der Waals surface area (Å²) >= 11 is 5.84. The summed E-state index contributed by atoms with van der Waals surface area (Å²) in [6.45, 7) is 2.08. The minimum atomic E-state index is 0.533. The van der Waals surface area contributed by atoms with Crippen molar-refractivity contribution < 1.29 is 0 Å². The average Bonchev–Trinajstić information content (AvgIpc) is 2.46. The first-order valence-corrected chi connectivity index (χ1v) is 4.82. The lowest BCUT2D eigenvalue weighted by molar-refractivity contribution is 0.776. The molecule has 0 radical (unpaired) electrons. The Labute approximate surface area is 88.1 Å². The van der Waals surface area contributed by atoms with Crippen molar-refractivity contribution in [1.82, 2.24) is 9.78 Å². The molecule has 0 N–H and O–H groups in total. The fraction of sp³-hybridized carbons (Fsp3) is 0.182. The monoisotopic (exact) mass is 206 g/mol. The van der Waals surface area contributed by atoms with Crippen molar-refractivity contribution in [2.45, 2.75) is 6.92 Å². The van der Waals surface area contributed by atoms with Crippen molar-refractivity contribution in [2.75, 3.05) is 0 Å². The SMILES string of the molecule is Cc1ccccc1-c1cc(Cl)nn1C. The largest absolute Gasteiger partial charge is 0.266 e. The maximum absolute atomic E-state index is 5.84. The zero-order valence-corrected chi connectivity index (χ0v) is 8.92. The molecular formula is C11H11ClN2. The number of aryl methyl sites for hydroxylation is 2. The third-order valence-electron chi connectivity index (χ3n) is 2.27. The van der Waals surface area contributed by atoms with Gasteiger partial charge in [0.2, 0.25) is 0 Å². The molecule has 0 bridgehead atoms. The summed E-state index contributed by atoms with van der Waals surface area (Å²) < 4.78 is 1.80. The number of hydrogen-bond donors (Lipinski definition) is 0. The molecule has 1 aromatic heterocycles. The van der Waals surface area contributed by atoms with Gasteiger partial charge < -0.3 is 0 Å². The molecule has 0 spiro atoms. The van der Waals surface area contributed by atoms with Gasteiger partial charge in [0, 0.05) is 18.7 Å². The molecule has 72 valence electrons. The highest BCUT2D eigenvalue weighted by Crippen LogP contribution is 2.24. The summed E-state index contributed by atoms with van der Waals surface area (Å²) in [6.07, 6.45) is 0. The predicted octanol–water partition coefficient (Wildman–Crippen LogP) is 3.05. The van der Waals surface area contributed by atoms with Gasteiger partial charge in [0.25, 0.3) is 0 Å². The summed E-state index contributed by atoms with van der Waals surface area (Å²) in [4.78, 5) is 0. The van der Waals surface area contributed by atoms with Crippen LogP contribution in [0.5, 0.6) is 0 Å². The van der Waals surface area contributed by atoms with E-state index in [0.29, 0.717) is 5.15 Å². The van der Waals surface area contributed by atoms with E-state index in [1.165, 1.54) is 11.1 Å². The summed E-state index contributed by atoms with van der Waals surface area (Å²) in [5, 5.41) is 4.64. The van der Waals surface area contributed by atoms with Crippen LogP contribution in [0.25, 0.3) is 11.3 Å². The molecule has 1 aromatic carbocycles. The fourth-order valence-corrected chi connectivity index (χ4v) is 1.76. The highest BCUT2D eigenvalue weighted by molar-refractivity contribution is 6.29. The van der Waals surface area contributed by atoms with Crippen LogP contribution in [0.15, 0.2) is 30.3 Å². The Balaban J connectivity index is 2.60. The van der Waals surface area contributed by atoms with E-state index in [-0.39, 0.29) is 0 Å². The van der Waals surface area contributed by atoms with Crippen LogP contribution in [0.4, 0.5) is 0 Å². The summed E-state index contributed by atoms with van der Waals surface area (Å²) in [5.41, 5.74) is 3.45. The quantitative estimate of drug-likeness (QED) is 0.701. The smallest absolute Gasteiger partial charge is 0.151 e. The zero-order chi connectivity index (χ0) is 10.1. The molecule has 0 saturated carbocycles. The van der Waals surface area contributed by atoms with Crippen molar-refractivity contribution in [2.24, 2.45) is 7.05 Å². The molecule has 0 amide bonds. The topological polar surface area (TPSA) is 17.8 Å². The van der Waals surface area contributed by atoms with E-state index in [4.69, 9.17) is 11.6 Å². The number of benzene rings is 1. The summed E-state index contributed by atoms with van der Waals surface area (Å²) in [6, 6.07) is 10.1. The number of nitrogens with zero attached hydrogens (tertiary/aromatic N) is 2. The first-order chi connectivity index (χ1) is 6.68. The van der Waals surface area contributed by atoms with Gasteiger partial charge in [-0.25, -0.2) is 0 Å².